The molecule has 0 heterocycles. The van der Waals surface area contributed by atoms with Crippen LogP contribution in [0.3, 0.4) is 0 Å². The van der Waals surface area contributed by atoms with E-state index in [1.54, 1.807) is 30.3 Å². The van der Waals surface area contributed by atoms with Gasteiger partial charge in [-0.25, -0.2) is 4.79 Å². The number of aliphatic hydroxyl groups excluding tert-OH is 3. The van der Waals surface area contributed by atoms with Crippen molar-refractivity contribution < 1.29 is 29.6 Å². The third-order valence-electron chi connectivity index (χ3n) is 10.6. The lowest BCUT2D eigenvalue weighted by molar-refractivity contribution is -0.293. The van der Waals surface area contributed by atoms with E-state index in [-0.39, 0.29) is 35.4 Å². The molecule has 5 rings (SSSR count). The second-order valence-corrected chi connectivity index (χ2v) is 12.2. The van der Waals surface area contributed by atoms with Crippen molar-refractivity contribution in [1.82, 2.24) is 0 Å². The minimum absolute atomic E-state index is 0.142. The summed E-state index contributed by atoms with van der Waals surface area (Å²) in [7, 11) is 0. The van der Waals surface area contributed by atoms with Gasteiger partial charge >= 0.3 is 5.97 Å². The number of hydrogen-bond donors (Lipinski definition) is 3. The third-order valence-corrected chi connectivity index (χ3v) is 10.6. The molecule has 4 aliphatic rings. The van der Waals surface area contributed by atoms with E-state index >= 15 is 0 Å². The molecule has 1 aromatic carbocycles. The van der Waals surface area contributed by atoms with E-state index in [1.807, 2.05) is 34.6 Å². The van der Waals surface area contributed by atoms with Gasteiger partial charge in [0, 0.05) is 16.7 Å². The fraction of sp³-hybridized carbons (Fsp3) is 0.704. The highest BCUT2D eigenvalue weighted by atomic mass is 16.6. The lowest BCUT2D eigenvalue weighted by Gasteiger charge is -2.72. The molecule has 180 valence electrons. The summed E-state index contributed by atoms with van der Waals surface area (Å²) in [5.41, 5.74) is -3.52. The molecule has 0 spiro atoms. The quantitative estimate of drug-likeness (QED) is 0.591. The molecule has 4 saturated carbocycles. The first-order valence-electron chi connectivity index (χ1n) is 12.2. The van der Waals surface area contributed by atoms with Gasteiger partial charge in [0.15, 0.2) is 11.4 Å². The van der Waals surface area contributed by atoms with Gasteiger partial charge in [0.05, 0.1) is 29.8 Å². The minimum Gasteiger partial charge on any atom is -0.447 e. The Bertz CT molecular complexity index is 990. The van der Waals surface area contributed by atoms with Crippen molar-refractivity contribution in [3.8, 4) is 0 Å². The molecular weight excluding hydrogens is 420 g/mol. The predicted molar refractivity (Wildman–Crippen MR) is 121 cm³/mol. The number of Topliss-reactive ketones (excluding diaryl/α,β-unsaturated/α-hetero) is 1. The lowest BCUT2D eigenvalue weighted by atomic mass is 9.32. The van der Waals surface area contributed by atoms with Gasteiger partial charge in [0.1, 0.15) is 0 Å². The van der Waals surface area contributed by atoms with Crippen LogP contribution < -0.4 is 0 Å². The number of hydrogen-bond acceptors (Lipinski definition) is 6. The van der Waals surface area contributed by atoms with Gasteiger partial charge in [0.25, 0.3) is 0 Å². The van der Waals surface area contributed by atoms with E-state index < -0.39 is 46.6 Å². The predicted octanol–water partition coefficient (Wildman–Crippen LogP) is 2.98. The number of ketones is 1. The summed E-state index contributed by atoms with van der Waals surface area (Å²) in [5.74, 6) is -2.27. The maximum atomic E-state index is 14.6. The van der Waals surface area contributed by atoms with E-state index in [2.05, 4.69) is 0 Å². The fourth-order valence-corrected chi connectivity index (χ4v) is 8.32. The molecule has 0 saturated heterocycles. The molecule has 10 atom stereocenters. The van der Waals surface area contributed by atoms with Crippen LogP contribution in [0.5, 0.6) is 0 Å². The van der Waals surface area contributed by atoms with Crippen molar-refractivity contribution in [3.05, 3.63) is 35.9 Å². The molecule has 0 bridgehead atoms. The highest BCUT2D eigenvalue weighted by molar-refractivity contribution is 5.99. The first-order chi connectivity index (χ1) is 15.3. The van der Waals surface area contributed by atoms with Crippen molar-refractivity contribution in [2.45, 2.75) is 77.8 Å². The number of carbonyl (C=O) groups is 2. The second kappa shape index (κ2) is 6.89. The number of aliphatic hydroxyl groups is 3. The third kappa shape index (κ3) is 2.55. The lowest BCUT2D eigenvalue weighted by Crippen LogP contribution is -2.79. The molecule has 6 nitrogen and oxygen atoms in total. The molecule has 6 heteroatoms. The Labute approximate surface area is 195 Å². The molecule has 10 unspecified atom stereocenters. The Kier molecular flexibility index (Phi) is 4.81. The Balaban J connectivity index is 1.64. The monoisotopic (exact) mass is 456 g/mol. The fourth-order valence-electron chi connectivity index (χ4n) is 8.32. The zero-order valence-electron chi connectivity index (χ0n) is 20.1. The van der Waals surface area contributed by atoms with Crippen molar-refractivity contribution in [2.75, 3.05) is 0 Å². The largest absolute Gasteiger partial charge is 0.447 e. The summed E-state index contributed by atoms with van der Waals surface area (Å²) in [6.07, 6.45) is -1.11. The summed E-state index contributed by atoms with van der Waals surface area (Å²) >= 11 is 0. The maximum Gasteiger partial charge on any atom is 0.339 e. The Morgan fingerprint density at radius 1 is 1.00 bits per heavy atom. The molecule has 0 aliphatic heterocycles. The molecular formula is C27H36O6. The van der Waals surface area contributed by atoms with Crippen molar-refractivity contribution in [1.29, 1.82) is 0 Å². The van der Waals surface area contributed by atoms with Crippen LogP contribution in [-0.2, 0) is 9.53 Å². The first-order valence-corrected chi connectivity index (χ1v) is 12.2. The van der Waals surface area contributed by atoms with Crippen LogP contribution in [0, 0.1) is 39.9 Å². The van der Waals surface area contributed by atoms with E-state index in [0.717, 1.165) is 6.42 Å². The Morgan fingerprint density at radius 3 is 2.27 bits per heavy atom. The smallest absolute Gasteiger partial charge is 0.339 e. The van der Waals surface area contributed by atoms with Crippen LogP contribution in [-0.4, -0.2) is 51.0 Å². The van der Waals surface area contributed by atoms with E-state index in [1.165, 1.54) is 0 Å². The second-order valence-electron chi connectivity index (χ2n) is 12.2. The Hall–Kier alpha value is -1.76. The molecule has 4 aliphatic carbocycles. The highest BCUT2D eigenvalue weighted by Crippen LogP contribution is 2.74. The van der Waals surface area contributed by atoms with Crippen LogP contribution in [0.15, 0.2) is 30.3 Å². The number of carbonyl (C=O) groups excluding carboxylic acids is 2. The topological polar surface area (TPSA) is 104 Å². The van der Waals surface area contributed by atoms with Crippen LogP contribution in [0.25, 0.3) is 0 Å². The molecule has 1 aromatic rings. The van der Waals surface area contributed by atoms with Gasteiger partial charge in [-0.1, -0.05) is 52.8 Å². The average molecular weight is 457 g/mol. The number of esters is 1. The van der Waals surface area contributed by atoms with E-state index in [9.17, 15) is 24.9 Å². The summed E-state index contributed by atoms with van der Waals surface area (Å²) < 4.78 is 6.08. The van der Waals surface area contributed by atoms with Gasteiger partial charge < -0.3 is 20.1 Å². The van der Waals surface area contributed by atoms with Crippen LogP contribution in [0.2, 0.25) is 0 Å². The average Bonchev–Trinajstić information content (AvgIpc) is 3.04. The van der Waals surface area contributed by atoms with Crippen LogP contribution in [0.1, 0.15) is 64.2 Å². The summed E-state index contributed by atoms with van der Waals surface area (Å²) in [6, 6.07) is 8.52. The molecule has 0 aromatic heterocycles. The van der Waals surface area contributed by atoms with Crippen LogP contribution >= 0.6 is 0 Å². The zero-order valence-corrected chi connectivity index (χ0v) is 20.1. The minimum atomic E-state index is -1.62. The number of benzene rings is 1. The number of fused-ring (bicyclic) bond motifs is 4. The van der Waals surface area contributed by atoms with Gasteiger partial charge in [-0.2, -0.15) is 0 Å². The normalized spacial score (nSPS) is 49.9. The molecule has 4 fully saturated rings. The number of ether oxygens (including phenoxy) is 1. The van der Waals surface area contributed by atoms with Crippen molar-refractivity contribution in [2.24, 2.45) is 39.9 Å². The van der Waals surface area contributed by atoms with E-state index in [0.29, 0.717) is 12.0 Å². The molecule has 0 amide bonds. The number of rotatable bonds is 2. The molecule has 0 radical (unpaired) electrons. The summed E-state index contributed by atoms with van der Waals surface area (Å²) in [6.45, 7) is 9.67. The van der Waals surface area contributed by atoms with Gasteiger partial charge in [-0.3, -0.25) is 4.79 Å². The SMILES string of the molecule is CC1CC2(OC(=O)c3ccccc3)C(=O)C3(C)C4C(O)C(C)(C)C4CCC3(C)C(O)C2C1O. The highest BCUT2D eigenvalue weighted by Gasteiger charge is 2.80. The Morgan fingerprint density at radius 2 is 1.64 bits per heavy atom. The zero-order chi connectivity index (χ0) is 24.1. The van der Waals surface area contributed by atoms with Gasteiger partial charge in [0.2, 0.25) is 0 Å². The first kappa shape index (κ1) is 23.0. The van der Waals surface area contributed by atoms with Crippen LogP contribution in [0.4, 0.5) is 0 Å². The van der Waals surface area contributed by atoms with Crippen molar-refractivity contribution in [3.63, 3.8) is 0 Å². The van der Waals surface area contributed by atoms with E-state index in [4.69, 9.17) is 4.74 Å². The summed E-state index contributed by atoms with van der Waals surface area (Å²) in [4.78, 5) is 27.8. The molecule has 3 N–H and O–H groups in total. The van der Waals surface area contributed by atoms with Gasteiger partial charge in [-0.05, 0) is 48.6 Å². The molecule has 33 heavy (non-hydrogen) atoms. The standard InChI is InChI=1S/C27H36O6/c1-14-13-27(33-22(31)15-9-7-6-8-10-15)18(19(14)28)21(30)25(4)12-11-16-17(20(29)24(16,2)3)26(25,5)23(27)32/h6-10,14,16-21,28-30H,11-13H2,1-5H3. The summed E-state index contributed by atoms with van der Waals surface area (Å²) in [5, 5.41) is 34.1. The maximum absolute atomic E-state index is 14.6. The van der Waals surface area contributed by atoms with Crippen molar-refractivity contribution >= 4 is 11.8 Å². The van der Waals surface area contributed by atoms with Gasteiger partial charge in [-0.15, -0.1) is 0 Å².